The quantitative estimate of drug-likeness (QED) is 0.661. The second kappa shape index (κ2) is 2.26. The number of aromatic nitrogens is 2. The molecule has 1 aliphatic carbocycles. The van der Waals surface area contributed by atoms with Crippen LogP contribution in [0.5, 0.6) is 0 Å². The van der Waals surface area contributed by atoms with Gasteiger partial charge in [0.1, 0.15) is 0 Å². The predicted molar refractivity (Wildman–Crippen MR) is 44.3 cm³/mol. The summed E-state index contributed by atoms with van der Waals surface area (Å²) < 4.78 is 2.10. The van der Waals surface area contributed by atoms with Crippen molar-refractivity contribution in [1.29, 1.82) is 0 Å². The Morgan fingerprint density at radius 2 is 2.36 bits per heavy atom. The van der Waals surface area contributed by atoms with Gasteiger partial charge in [-0.3, -0.25) is 0 Å². The fourth-order valence-electron chi connectivity index (χ4n) is 1.49. The molecule has 60 valence electrons. The summed E-state index contributed by atoms with van der Waals surface area (Å²) in [5.41, 5.74) is 6.73. The molecule has 2 N–H and O–H groups in total. The van der Waals surface area contributed by atoms with Crippen molar-refractivity contribution in [3.05, 3.63) is 11.9 Å². The molecule has 0 atom stereocenters. The number of aryl methyl sites for hydroxylation is 1. The summed E-state index contributed by atoms with van der Waals surface area (Å²) in [4.78, 5) is 4.15. The van der Waals surface area contributed by atoms with Gasteiger partial charge in [-0.1, -0.05) is 0 Å². The molecule has 0 aliphatic heterocycles. The van der Waals surface area contributed by atoms with Crippen molar-refractivity contribution in [1.82, 2.24) is 9.55 Å². The summed E-state index contributed by atoms with van der Waals surface area (Å²) in [5.74, 6) is 0.673. The number of nitrogen functional groups attached to an aromatic ring is 1. The monoisotopic (exact) mass is 151 g/mol. The van der Waals surface area contributed by atoms with E-state index in [1.165, 1.54) is 19.3 Å². The summed E-state index contributed by atoms with van der Waals surface area (Å²) >= 11 is 0. The molecule has 0 radical (unpaired) electrons. The highest BCUT2D eigenvalue weighted by Crippen LogP contribution is 2.33. The van der Waals surface area contributed by atoms with Crippen molar-refractivity contribution in [3.63, 3.8) is 0 Å². The number of hydrogen-bond donors (Lipinski definition) is 1. The molecule has 1 heterocycles. The summed E-state index contributed by atoms with van der Waals surface area (Å²) in [6.07, 6.45) is 5.90. The third-order valence-electron chi connectivity index (χ3n) is 2.35. The molecule has 1 saturated carbocycles. The molecule has 2 rings (SSSR count). The third-order valence-corrected chi connectivity index (χ3v) is 2.35. The fourth-order valence-corrected chi connectivity index (χ4v) is 1.49. The Kier molecular flexibility index (Phi) is 1.37. The van der Waals surface area contributed by atoms with Gasteiger partial charge in [-0.05, 0) is 26.2 Å². The van der Waals surface area contributed by atoms with Gasteiger partial charge in [0, 0.05) is 12.2 Å². The first kappa shape index (κ1) is 6.70. The van der Waals surface area contributed by atoms with E-state index in [-0.39, 0.29) is 0 Å². The molecule has 0 spiro atoms. The second-order valence-corrected chi connectivity index (χ2v) is 3.23. The highest BCUT2D eigenvalue weighted by molar-refractivity contribution is 5.22. The van der Waals surface area contributed by atoms with Crippen LogP contribution in [0.3, 0.4) is 0 Å². The average molecular weight is 151 g/mol. The van der Waals surface area contributed by atoms with Crippen LogP contribution in [0, 0.1) is 6.92 Å². The van der Waals surface area contributed by atoms with Crippen LogP contribution in [0.25, 0.3) is 0 Å². The molecular formula is C8H13N3. The molecule has 0 bridgehead atoms. The van der Waals surface area contributed by atoms with Gasteiger partial charge in [0.2, 0.25) is 5.95 Å². The SMILES string of the molecule is Cc1cn(C2CCC2)c(N)n1. The van der Waals surface area contributed by atoms with E-state index in [4.69, 9.17) is 5.73 Å². The first-order valence-electron chi connectivity index (χ1n) is 4.08. The maximum absolute atomic E-state index is 5.70. The Hall–Kier alpha value is -0.990. The molecule has 1 aromatic rings. The molecule has 1 aliphatic rings. The van der Waals surface area contributed by atoms with E-state index in [0.717, 1.165) is 5.69 Å². The number of imidazole rings is 1. The summed E-state index contributed by atoms with van der Waals surface area (Å²) in [5, 5.41) is 0. The Bertz CT molecular complexity index is 260. The van der Waals surface area contributed by atoms with Crippen LogP contribution in [0.15, 0.2) is 6.20 Å². The molecular weight excluding hydrogens is 138 g/mol. The van der Waals surface area contributed by atoms with Gasteiger partial charge in [0.15, 0.2) is 0 Å². The van der Waals surface area contributed by atoms with Gasteiger partial charge in [-0.15, -0.1) is 0 Å². The molecule has 0 unspecified atom stereocenters. The predicted octanol–water partition coefficient (Wildman–Crippen LogP) is 1.50. The van der Waals surface area contributed by atoms with E-state index in [1.807, 2.05) is 13.1 Å². The minimum absolute atomic E-state index is 0.635. The molecule has 0 saturated heterocycles. The van der Waals surface area contributed by atoms with Crippen molar-refractivity contribution < 1.29 is 0 Å². The standard InChI is InChI=1S/C8H13N3/c1-6-5-11(8(9)10-6)7-3-2-4-7/h5,7H,2-4H2,1H3,(H2,9,10). The zero-order valence-corrected chi connectivity index (χ0v) is 6.75. The lowest BCUT2D eigenvalue weighted by molar-refractivity contribution is 0.317. The Balaban J connectivity index is 2.28. The van der Waals surface area contributed by atoms with Crippen molar-refractivity contribution in [2.24, 2.45) is 0 Å². The van der Waals surface area contributed by atoms with Crippen LogP contribution in [-0.2, 0) is 0 Å². The van der Waals surface area contributed by atoms with Crippen LogP contribution >= 0.6 is 0 Å². The first-order valence-corrected chi connectivity index (χ1v) is 4.08. The Morgan fingerprint density at radius 1 is 1.64 bits per heavy atom. The van der Waals surface area contributed by atoms with E-state index in [0.29, 0.717) is 12.0 Å². The normalized spacial score (nSPS) is 18.3. The van der Waals surface area contributed by atoms with Crippen molar-refractivity contribution in [2.75, 3.05) is 5.73 Å². The summed E-state index contributed by atoms with van der Waals surface area (Å²) in [7, 11) is 0. The Labute approximate surface area is 66.2 Å². The van der Waals surface area contributed by atoms with E-state index in [9.17, 15) is 0 Å². The van der Waals surface area contributed by atoms with E-state index < -0.39 is 0 Å². The van der Waals surface area contributed by atoms with E-state index in [2.05, 4.69) is 9.55 Å². The van der Waals surface area contributed by atoms with Crippen molar-refractivity contribution in [3.8, 4) is 0 Å². The van der Waals surface area contributed by atoms with E-state index >= 15 is 0 Å². The fraction of sp³-hybridized carbons (Fsp3) is 0.625. The zero-order chi connectivity index (χ0) is 7.84. The highest BCUT2D eigenvalue weighted by atomic mass is 15.2. The maximum atomic E-state index is 5.70. The van der Waals surface area contributed by atoms with Gasteiger partial charge in [0.05, 0.1) is 5.69 Å². The topological polar surface area (TPSA) is 43.8 Å². The molecule has 0 amide bonds. The van der Waals surface area contributed by atoms with Crippen LogP contribution in [-0.4, -0.2) is 9.55 Å². The van der Waals surface area contributed by atoms with E-state index in [1.54, 1.807) is 0 Å². The number of rotatable bonds is 1. The largest absolute Gasteiger partial charge is 0.369 e. The van der Waals surface area contributed by atoms with Gasteiger partial charge in [-0.2, -0.15) is 0 Å². The zero-order valence-electron chi connectivity index (χ0n) is 6.75. The lowest BCUT2D eigenvalue weighted by Crippen LogP contribution is -2.17. The molecule has 1 fully saturated rings. The summed E-state index contributed by atoms with van der Waals surface area (Å²) in [6.45, 7) is 1.98. The molecule has 1 aromatic heterocycles. The number of nitrogens with two attached hydrogens (primary N) is 1. The van der Waals surface area contributed by atoms with Crippen LogP contribution in [0.1, 0.15) is 31.0 Å². The lowest BCUT2D eigenvalue weighted by atomic mass is 9.93. The molecule has 3 heteroatoms. The molecule has 0 aromatic carbocycles. The van der Waals surface area contributed by atoms with Gasteiger partial charge >= 0.3 is 0 Å². The maximum Gasteiger partial charge on any atom is 0.200 e. The minimum atomic E-state index is 0.635. The van der Waals surface area contributed by atoms with Crippen LogP contribution in [0.2, 0.25) is 0 Å². The van der Waals surface area contributed by atoms with Crippen LogP contribution < -0.4 is 5.73 Å². The summed E-state index contributed by atoms with van der Waals surface area (Å²) in [6, 6.07) is 0.635. The first-order chi connectivity index (χ1) is 5.27. The molecule has 11 heavy (non-hydrogen) atoms. The number of anilines is 1. The number of hydrogen-bond acceptors (Lipinski definition) is 2. The number of nitrogens with zero attached hydrogens (tertiary/aromatic N) is 2. The smallest absolute Gasteiger partial charge is 0.200 e. The Morgan fingerprint density at radius 3 is 2.73 bits per heavy atom. The molecule has 3 nitrogen and oxygen atoms in total. The van der Waals surface area contributed by atoms with Gasteiger partial charge in [0.25, 0.3) is 0 Å². The van der Waals surface area contributed by atoms with Crippen molar-refractivity contribution >= 4 is 5.95 Å². The highest BCUT2D eigenvalue weighted by Gasteiger charge is 2.20. The minimum Gasteiger partial charge on any atom is -0.369 e. The average Bonchev–Trinajstić information content (AvgIpc) is 2.07. The van der Waals surface area contributed by atoms with Gasteiger partial charge in [-0.25, -0.2) is 4.98 Å². The van der Waals surface area contributed by atoms with Crippen molar-refractivity contribution in [2.45, 2.75) is 32.2 Å². The van der Waals surface area contributed by atoms with Crippen LogP contribution in [0.4, 0.5) is 5.95 Å². The third kappa shape index (κ3) is 1.00. The second-order valence-electron chi connectivity index (χ2n) is 3.23. The van der Waals surface area contributed by atoms with Gasteiger partial charge < -0.3 is 10.3 Å². The lowest BCUT2D eigenvalue weighted by Gasteiger charge is -2.27.